The SMILES string of the molecule is COc1cc(OCc2ccccn2)ccc1/C=C/c1cc(/C=C/c2ccc3c(c2)CC=C3)n(C2CCCCC2)n1. The Kier molecular flexibility index (Phi) is 7.90. The normalized spacial score (nSPS) is 15.2. The standard InChI is InChI=1S/C35H35N3O2/c1-39-35-24-34(40-25-31-10-5-6-21-36-31)20-17-28(35)16-18-30-23-33(38(37-30)32-11-3-2-4-12-32)19-14-26-13-15-27-8-7-9-29(27)22-26/h5-8,10,13-24,32H,2-4,9,11-12,25H2,1H3/b18-16+,19-14+. The van der Waals surface area contributed by atoms with Gasteiger partial charge in [-0.05, 0) is 84.5 Å². The van der Waals surface area contributed by atoms with Gasteiger partial charge >= 0.3 is 0 Å². The second-order valence-corrected chi connectivity index (χ2v) is 10.5. The lowest BCUT2D eigenvalue weighted by atomic mass is 9.95. The number of hydrogen-bond donors (Lipinski definition) is 0. The van der Waals surface area contributed by atoms with Gasteiger partial charge in [-0.25, -0.2) is 0 Å². The third-order valence-electron chi connectivity index (χ3n) is 7.70. The molecule has 0 saturated heterocycles. The summed E-state index contributed by atoms with van der Waals surface area (Å²) >= 11 is 0. The Bertz CT molecular complexity index is 1540. The van der Waals surface area contributed by atoms with Crippen LogP contribution in [-0.4, -0.2) is 21.9 Å². The van der Waals surface area contributed by atoms with E-state index in [0.29, 0.717) is 12.6 Å². The molecule has 2 aliphatic carbocycles. The van der Waals surface area contributed by atoms with Crippen LogP contribution in [0.5, 0.6) is 11.5 Å². The molecule has 5 nitrogen and oxygen atoms in total. The molecule has 0 aliphatic heterocycles. The van der Waals surface area contributed by atoms with Gasteiger partial charge in [0, 0.05) is 17.8 Å². The first-order valence-corrected chi connectivity index (χ1v) is 14.2. The van der Waals surface area contributed by atoms with E-state index in [0.717, 1.165) is 40.6 Å². The van der Waals surface area contributed by atoms with Crippen molar-refractivity contribution in [1.82, 2.24) is 14.8 Å². The minimum Gasteiger partial charge on any atom is -0.496 e. The number of hydrogen-bond acceptors (Lipinski definition) is 4. The number of fused-ring (bicyclic) bond motifs is 1. The lowest BCUT2D eigenvalue weighted by Crippen LogP contribution is -2.15. The van der Waals surface area contributed by atoms with Crippen LogP contribution >= 0.6 is 0 Å². The molecule has 2 aliphatic rings. The molecule has 4 aromatic rings. The highest BCUT2D eigenvalue weighted by Crippen LogP contribution is 2.31. The van der Waals surface area contributed by atoms with E-state index < -0.39 is 0 Å². The third kappa shape index (κ3) is 6.09. The first-order valence-electron chi connectivity index (χ1n) is 14.2. The summed E-state index contributed by atoms with van der Waals surface area (Å²) in [5, 5.41) is 5.05. The zero-order chi connectivity index (χ0) is 27.1. The van der Waals surface area contributed by atoms with Crippen molar-refractivity contribution < 1.29 is 9.47 Å². The molecule has 0 spiro atoms. The number of aromatic nitrogens is 3. The van der Waals surface area contributed by atoms with Crippen molar-refractivity contribution in [2.45, 2.75) is 51.2 Å². The molecule has 0 bridgehead atoms. The number of allylic oxidation sites excluding steroid dienone is 1. The van der Waals surface area contributed by atoms with E-state index in [9.17, 15) is 0 Å². The molecule has 2 aromatic heterocycles. The molecule has 0 atom stereocenters. The van der Waals surface area contributed by atoms with Crippen molar-refractivity contribution in [3.63, 3.8) is 0 Å². The molecule has 6 rings (SSSR count). The maximum absolute atomic E-state index is 5.93. The van der Waals surface area contributed by atoms with Gasteiger partial charge in [0.05, 0.1) is 30.2 Å². The fraction of sp³-hybridized carbons (Fsp3) is 0.257. The molecular formula is C35H35N3O2. The summed E-state index contributed by atoms with van der Waals surface area (Å²) in [6.07, 6.45) is 22.0. The predicted octanol–water partition coefficient (Wildman–Crippen LogP) is 8.28. The number of nitrogens with zero attached hydrogens (tertiary/aromatic N) is 3. The summed E-state index contributed by atoms with van der Waals surface area (Å²) in [7, 11) is 1.69. The zero-order valence-electron chi connectivity index (χ0n) is 23.0. The summed E-state index contributed by atoms with van der Waals surface area (Å²) in [5.74, 6) is 1.50. The molecule has 40 heavy (non-hydrogen) atoms. The van der Waals surface area contributed by atoms with Crippen LogP contribution < -0.4 is 9.47 Å². The van der Waals surface area contributed by atoms with Gasteiger partial charge in [-0.1, -0.05) is 61.8 Å². The maximum atomic E-state index is 5.93. The Balaban J connectivity index is 1.21. The van der Waals surface area contributed by atoms with Gasteiger partial charge in [0.2, 0.25) is 0 Å². The Morgan fingerprint density at radius 3 is 2.70 bits per heavy atom. The molecule has 5 heteroatoms. The number of pyridine rings is 1. The molecule has 1 saturated carbocycles. The summed E-state index contributed by atoms with van der Waals surface area (Å²) < 4.78 is 13.9. The number of benzene rings is 2. The van der Waals surface area contributed by atoms with Crippen LogP contribution in [-0.2, 0) is 13.0 Å². The second kappa shape index (κ2) is 12.2. The highest BCUT2D eigenvalue weighted by atomic mass is 16.5. The van der Waals surface area contributed by atoms with Gasteiger partial charge in [0.25, 0.3) is 0 Å². The zero-order valence-corrected chi connectivity index (χ0v) is 23.0. The van der Waals surface area contributed by atoms with Crippen LogP contribution in [0.1, 0.15) is 77.5 Å². The van der Waals surface area contributed by atoms with Crippen LogP contribution in [0.25, 0.3) is 30.4 Å². The lowest BCUT2D eigenvalue weighted by Gasteiger charge is -2.23. The van der Waals surface area contributed by atoms with E-state index >= 15 is 0 Å². The lowest BCUT2D eigenvalue weighted by molar-refractivity contribution is 0.299. The van der Waals surface area contributed by atoms with E-state index in [1.54, 1.807) is 13.3 Å². The molecule has 2 heterocycles. The Morgan fingerprint density at radius 2 is 1.85 bits per heavy atom. The van der Waals surface area contributed by atoms with Crippen molar-refractivity contribution >= 4 is 30.4 Å². The monoisotopic (exact) mass is 529 g/mol. The molecule has 202 valence electrons. The van der Waals surface area contributed by atoms with Gasteiger partial charge in [-0.3, -0.25) is 9.67 Å². The average Bonchev–Trinajstić information content (AvgIpc) is 3.66. The molecule has 0 unspecified atom stereocenters. The van der Waals surface area contributed by atoms with Gasteiger partial charge < -0.3 is 9.47 Å². The molecule has 1 fully saturated rings. The van der Waals surface area contributed by atoms with Crippen molar-refractivity contribution in [3.05, 3.63) is 112 Å². The molecule has 0 radical (unpaired) electrons. The quantitative estimate of drug-likeness (QED) is 0.219. The largest absolute Gasteiger partial charge is 0.496 e. The summed E-state index contributed by atoms with van der Waals surface area (Å²) in [4.78, 5) is 4.32. The van der Waals surface area contributed by atoms with Gasteiger partial charge in [-0.15, -0.1) is 0 Å². The van der Waals surface area contributed by atoms with Gasteiger partial charge in [0.1, 0.15) is 18.1 Å². The first kappa shape index (κ1) is 25.9. The predicted molar refractivity (Wildman–Crippen MR) is 163 cm³/mol. The smallest absolute Gasteiger partial charge is 0.130 e. The summed E-state index contributed by atoms with van der Waals surface area (Å²) in [6.45, 7) is 0.413. The molecule has 0 N–H and O–H groups in total. The first-order chi connectivity index (χ1) is 19.7. The van der Waals surface area contributed by atoms with Crippen molar-refractivity contribution in [3.8, 4) is 11.5 Å². The molecule has 2 aromatic carbocycles. The number of methoxy groups -OCH3 is 1. The van der Waals surface area contributed by atoms with Crippen LogP contribution in [0, 0.1) is 0 Å². The minimum absolute atomic E-state index is 0.413. The molecular weight excluding hydrogens is 494 g/mol. The summed E-state index contributed by atoms with van der Waals surface area (Å²) in [6, 6.07) is 21.1. The van der Waals surface area contributed by atoms with E-state index in [1.165, 1.54) is 48.8 Å². The van der Waals surface area contributed by atoms with E-state index in [1.807, 2.05) is 36.4 Å². The fourth-order valence-corrected chi connectivity index (χ4v) is 5.55. The van der Waals surface area contributed by atoms with Gasteiger partial charge in [-0.2, -0.15) is 5.10 Å². The van der Waals surface area contributed by atoms with E-state index in [-0.39, 0.29) is 0 Å². The van der Waals surface area contributed by atoms with Crippen LogP contribution in [0.15, 0.2) is 72.9 Å². The van der Waals surface area contributed by atoms with E-state index in [2.05, 4.69) is 70.4 Å². The Morgan fingerprint density at radius 1 is 0.925 bits per heavy atom. The third-order valence-corrected chi connectivity index (χ3v) is 7.70. The van der Waals surface area contributed by atoms with Crippen LogP contribution in [0.2, 0.25) is 0 Å². The highest BCUT2D eigenvalue weighted by Gasteiger charge is 2.19. The van der Waals surface area contributed by atoms with Gasteiger partial charge in [0.15, 0.2) is 0 Å². The van der Waals surface area contributed by atoms with E-state index in [4.69, 9.17) is 14.6 Å². The Labute approximate surface area is 236 Å². The second-order valence-electron chi connectivity index (χ2n) is 10.5. The van der Waals surface area contributed by atoms with Crippen LogP contribution in [0.4, 0.5) is 0 Å². The Hall–Kier alpha value is -4.38. The highest BCUT2D eigenvalue weighted by molar-refractivity contribution is 5.75. The summed E-state index contributed by atoms with van der Waals surface area (Å²) in [5.41, 5.74) is 7.91. The maximum Gasteiger partial charge on any atom is 0.130 e. The van der Waals surface area contributed by atoms with Crippen LogP contribution in [0.3, 0.4) is 0 Å². The number of ether oxygens (including phenoxy) is 2. The fourth-order valence-electron chi connectivity index (χ4n) is 5.55. The van der Waals surface area contributed by atoms with Crippen molar-refractivity contribution in [1.29, 1.82) is 0 Å². The van der Waals surface area contributed by atoms with Crippen molar-refractivity contribution in [2.75, 3.05) is 7.11 Å². The molecule has 0 amide bonds. The topological polar surface area (TPSA) is 49.2 Å². The average molecular weight is 530 g/mol. The minimum atomic E-state index is 0.413. The van der Waals surface area contributed by atoms with Crippen molar-refractivity contribution in [2.24, 2.45) is 0 Å². The number of rotatable bonds is 9.